The summed E-state index contributed by atoms with van der Waals surface area (Å²) in [6.45, 7) is 19.8. The Bertz CT molecular complexity index is 492. The molecule has 1 aromatic carbocycles. The summed E-state index contributed by atoms with van der Waals surface area (Å²) in [5, 5.41) is 1.07. The Hall–Kier alpha value is 0.448. The topological polar surface area (TPSA) is 27.7 Å². The highest BCUT2D eigenvalue weighted by Gasteiger charge is 2.51. The maximum atomic E-state index is 6.70. The first kappa shape index (κ1) is 21.5. The van der Waals surface area contributed by atoms with Gasteiger partial charge in [0.1, 0.15) is 0 Å². The summed E-state index contributed by atoms with van der Waals surface area (Å²) in [5.74, 6) is 0. The molecular weight excluding hydrogens is 420 g/mol. The molecule has 132 valence electrons. The van der Waals surface area contributed by atoms with Gasteiger partial charge in [0.2, 0.25) is 0 Å². The van der Waals surface area contributed by atoms with Gasteiger partial charge < -0.3 is 12.3 Å². The summed E-state index contributed by atoms with van der Waals surface area (Å²) in [4.78, 5) is 0. The zero-order valence-corrected chi connectivity index (χ0v) is 21.5. The normalized spacial score (nSPS) is 14.2. The van der Waals surface area contributed by atoms with E-state index in [2.05, 4.69) is 87.0 Å². The predicted octanol–water partition coefficient (Wildman–Crippen LogP) is 5.15. The van der Waals surface area contributed by atoms with Crippen molar-refractivity contribution >= 4 is 54.9 Å². The van der Waals surface area contributed by atoms with E-state index in [1.165, 1.54) is 0 Å². The molecule has 0 radical (unpaired) electrons. The molecule has 3 nitrogen and oxygen atoms in total. The van der Waals surface area contributed by atoms with Gasteiger partial charge in [-0.2, -0.15) is 0 Å². The summed E-state index contributed by atoms with van der Waals surface area (Å²) in [5.41, 5.74) is 0. The number of halogens is 1. The maximum absolute atomic E-state index is 6.70. The molecule has 8 heteroatoms. The molecule has 0 aliphatic heterocycles. The Morgan fingerprint density at radius 3 is 1.39 bits per heavy atom. The van der Waals surface area contributed by atoms with Gasteiger partial charge in [-0.3, -0.25) is 0 Å². The van der Waals surface area contributed by atoms with E-state index in [-0.39, 0.29) is 0 Å². The van der Waals surface area contributed by atoms with Gasteiger partial charge >= 0.3 is 8.80 Å². The standard InChI is InChI=1S/C15H31BrO3Si4/c1-20(2,3)17-23(18-21(4,5)6,19-22(7,8)9)15-12-10-11-14(16)13-15/h10-13H,1-9H3. The number of benzene rings is 1. The van der Waals surface area contributed by atoms with Crippen molar-refractivity contribution in [2.24, 2.45) is 0 Å². The van der Waals surface area contributed by atoms with Crippen molar-refractivity contribution in [3.8, 4) is 0 Å². The minimum absolute atomic E-state index is 1.03. The van der Waals surface area contributed by atoms with Crippen LogP contribution in [0, 0.1) is 0 Å². The number of hydrogen-bond donors (Lipinski definition) is 0. The maximum Gasteiger partial charge on any atom is 0.505 e. The highest BCUT2D eigenvalue weighted by atomic mass is 79.9. The lowest BCUT2D eigenvalue weighted by molar-refractivity contribution is 0.273. The van der Waals surface area contributed by atoms with Gasteiger partial charge in [-0.05, 0) is 71.1 Å². The molecule has 0 aliphatic rings. The molecule has 0 saturated carbocycles. The highest BCUT2D eigenvalue weighted by molar-refractivity contribution is 9.10. The molecule has 1 aromatic rings. The molecule has 1 rings (SSSR count). The number of rotatable bonds is 7. The van der Waals surface area contributed by atoms with Crippen molar-refractivity contribution in [1.29, 1.82) is 0 Å². The summed E-state index contributed by atoms with van der Waals surface area (Å²) < 4.78 is 21.1. The minimum atomic E-state index is -2.95. The van der Waals surface area contributed by atoms with E-state index < -0.39 is 33.8 Å². The average molecular weight is 452 g/mol. The Morgan fingerprint density at radius 2 is 1.09 bits per heavy atom. The molecule has 0 amide bonds. The molecule has 0 spiro atoms. The molecule has 0 bridgehead atoms. The van der Waals surface area contributed by atoms with Gasteiger partial charge in [-0.25, -0.2) is 0 Å². The molecule has 0 atom stereocenters. The Kier molecular flexibility index (Phi) is 6.88. The van der Waals surface area contributed by atoms with Crippen molar-refractivity contribution in [1.82, 2.24) is 0 Å². The summed E-state index contributed by atoms with van der Waals surface area (Å²) >= 11 is 3.58. The zero-order chi connectivity index (χ0) is 18.1. The average Bonchev–Trinajstić information content (AvgIpc) is 2.21. The second kappa shape index (κ2) is 7.36. The molecule has 0 fully saturated rings. The first-order valence-corrected chi connectivity index (χ1v) is 20.7. The monoisotopic (exact) mass is 450 g/mol. The smallest absolute Gasteiger partial charge is 0.414 e. The van der Waals surface area contributed by atoms with Crippen LogP contribution in [0.25, 0.3) is 0 Å². The molecular formula is C15H31BrO3Si4. The molecule has 0 saturated heterocycles. The van der Waals surface area contributed by atoms with E-state index in [4.69, 9.17) is 12.3 Å². The lowest BCUT2D eigenvalue weighted by atomic mass is 10.4. The van der Waals surface area contributed by atoms with Crippen LogP contribution in [0.15, 0.2) is 28.7 Å². The quantitative estimate of drug-likeness (QED) is 0.537. The molecule has 0 unspecified atom stereocenters. The van der Waals surface area contributed by atoms with Crippen LogP contribution in [0.1, 0.15) is 0 Å². The summed E-state index contributed by atoms with van der Waals surface area (Å²) in [6, 6.07) is 8.26. The first-order chi connectivity index (χ1) is 10.1. The van der Waals surface area contributed by atoms with Crippen molar-refractivity contribution in [2.45, 2.75) is 58.9 Å². The predicted molar refractivity (Wildman–Crippen MR) is 113 cm³/mol. The second-order valence-electron chi connectivity index (χ2n) is 8.71. The van der Waals surface area contributed by atoms with E-state index in [9.17, 15) is 0 Å². The van der Waals surface area contributed by atoms with Crippen molar-refractivity contribution < 1.29 is 12.3 Å². The highest BCUT2D eigenvalue weighted by Crippen LogP contribution is 2.26. The first-order valence-electron chi connectivity index (χ1n) is 7.99. The van der Waals surface area contributed by atoms with Gasteiger partial charge in [-0.1, -0.05) is 28.1 Å². The fraction of sp³-hybridized carbons (Fsp3) is 0.600. The Balaban J connectivity index is 3.50. The molecule has 23 heavy (non-hydrogen) atoms. The van der Waals surface area contributed by atoms with E-state index in [1.807, 2.05) is 12.1 Å². The zero-order valence-electron chi connectivity index (χ0n) is 15.9. The van der Waals surface area contributed by atoms with E-state index in [1.54, 1.807) is 0 Å². The fourth-order valence-corrected chi connectivity index (χ4v) is 16.1. The van der Waals surface area contributed by atoms with Crippen molar-refractivity contribution in [3.05, 3.63) is 28.7 Å². The minimum Gasteiger partial charge on any atom is -0.414 e. The second-order valence-corrected chi connectivity index (χ2v) is 26.4. The van der Waals surface area contributed by atoms with Gasteiger partial charge in [-0.15, -0.1) is 0 Å². The summed E-state index contributed by atoms with van der Waals surface area (Å²) in [7, 11) is -8.51. The van der Waals surface area contributed by atoms with E-state index in [0.717, 1.165) is 9.66 Å². The van der Waals surface area contributed by atoms with Crippen LogP contribution in [0.5, 0.6) is 0 Å². The molecule has 0 heterocycles. The SMILES string of the molecule is C[Si](C)(C)O[Si](O[Si](C)(C)C)(O[Si](C)(C)C)c1cccc(Br)c1. The Morgan fingerprint density at radius 1 is 0.696 bits per heavy atom. The third-order valence-corrected chi connectivity index (χ3v) is 14.6. The van der Waals surface area contributed by atoms with Crippen LogP contribution >= 0.6 is 15.9 Å². The molecule has 0 aliphatic carbocycles. The van der Waals surface area contributed by atoms with E-state index >= 15 is 0 Å². The van der Waals surface area contributed by atoms with Crippen LogP contribution < -0.4 is 5.19 Å². The van der Waals surface area contributed by atoms with Gasteiger partial charge in [0.15, 0.2) is 25.0 Å². The lowest BCUT2D eigenvalue weighted by Crippen LogP contribution is -2.67. The molecule has 0 N–H and O–H groups in total. The lowest BCUT2D eigenvalue weighted by Gasteiger charge is -2.42. The Labute approximate surface area is 154 Å². The van der Waals surface area contributed by atoms with Crippen LogP contribution in [0.4, 0.5) is 0 Å². The molecule has 0 aromatic heterocycles. The largest absolute Gasteiger partial charge is 0.505 e. The van der Waals surface area contributed by atoms with Crippen LogP contribution in [-0.2, 0) is 12.3 Å². The number of hydrogen-bond acceptors (Lipinski definition) is 3. The van der Waals surface area contributed by atoms with Crippen LogP contribution in [0.2, 0.25) is 58.9 Å². The van der Waals surface area contributed by atoms with Crippen LogP contribution in [0.3, 0.4) is 0 Å². The van der Waals surface area contributed by atoms with Gasteiger partial charge in [0.25, 0.3) is 0 Å². The van der Waals surface area contributed by atoms with E-state index in [0.29, 0.717) is 0 Å². The summed E-state index contributed by atoms with van der Waals surface area (Å²) in [6.07, 6.45) is 0. The third-order valence-electron chi connectivity index (χ3n) is 2.50. The van der Waals surface area contributed by atoms with Gasteiger partial charge in [0, 0.05) is 9.66 Å². The van der Waals surface area contributed by atoms with Crippen molar-refractivity contribution in [2.75, 3.05) is 0 Å². The third kappa shape index (κ3) is 7.91. The van der Waals surface area contributed by atoms with Crippen LogP contribution in [-0.4, -0.2) is 33.8 Å². The van der Waals surface area contributed by atoms with Gasteiger partial charge in [0.05, 0.1) is 0 Å². The fourth-order valence-electron chi connectivity index (χ4n) is 2.13. The van der Waals surface area contributed by atoms with Crippen molar-refractivity contribution in [3.63, 3.8) is 0 Å².